The highest BCUT2D eigenvalue weighted by molar-refractivity contribution is 7.87. The van der Waals surface area contributed by atoms with Crippen LogP contribution in [0.25, 0.3) is 0 Å². The van der Waals surface area contributed by atoms with Gasteiger partial charge in [-0.3, -0.25) is 4.55 Å². The smallest absolute Gasteiger partial charge is 0.285 e. The van der Waals surface area contributed by atoms with Crippen LogP contribution in [0, 0.1) is 11.8 Å². The molecule has 1 N–H and O–H groups in total. The molecule has 0 saturated heterocycles. The van der Waals surface area contributed by atoms with Crippen molar-refractivity contribution in [2.45, 2.75) is 18.5 Å². The minimum absolute atomic E-state index is 1.13. The predicted octanol–water partition coefficient (Wildman–Crippen LogP) is 0.132. The van der Waals surface area contributed by atoms with E-state index in [0.29, 0.717) is 0 Å². The Hall–Kier alpha value is -0.830. The molecule has 0 fully saturated rings. The van der Waals surface area contributed by atoms with Gasteiger partial charge in [0.25, 0.3) is 10.1 Å². The van der Waals surface area contributed by atoms with Gasteiger partial charge in [0.2, 0.25) is 0 Å². The largest absolute Gasteiger partial charge is 0.523 e. The first-order valence-corrected chi connectivity index (χ1v) is 6.78. The molecule has 0 saturated carbocycles. The van der Waals surface area contributed by atoms with Crippen LogP contribution in [-0.2, 0) is 24.4 Å². The van der Waals surface area contributed by atoms with Gasteiger partial charge >= 0.3 is 15.6 Å². The van der Waals surface area contributed by atoms with Gasteiger partial charge in [-0.05, 0) is 6.92 Å². The molecule has 0 spiro atoms. The second-order valence-electron chi connectivity index (χ2n) is 2.63. The molecular formula is C6H7F3O6S2. The average Bonchev–Trinajstić information content (AvgIpc) is 1.97. The van der Waals surface area contributed by atoms with E-state index in [1.807, 2.05) is 5.92 Å². The van der Waals surface area contributed by atoms with Crippen LogP contribution >= 0.6 is 0 Å². The molecule has 1 unspecified atom stereocenters. The van der Waals surface area contributed by atoms with Gasteiger partial charge in [-0.2, -0.15) is 30.0 Å². The topological polar surface area (TPSA) is 97.7 Å². The Morgan fingerprint density at radius 3 is 2.06 bits per heavy atom. The first-order chi connectivity index (χ1) is 7.39. The minimum atomic E-state index is -5.97. The van der Waals surface area contributed by atoms with Crippen molar-refractivity contribution in [1.82, 2.24) is 0 Å². The number of alkyl halides is 3. The fourth-order valence-electron chi connectivity index (χ4n) is 0.653. The zero-order chi connectivity index (χ0) is 13.9. The maximum atomic E-state index is 11.9. The van der Waals surface area contributed by atoms with Crippen LogP contribution in [0.5, 0.6) is 0 Å². The first kappa shape index (κ1) is 16.2. The maximum absolute atomic E-state index is 11.9. The Morgan fingerprint density at radius 2 is 1.76 bits per heavy atom. The molecule has 0 aliphatic rings. The molecule has 0 aromatic carbocycles. The SMILES string of the molecule is CC#CC(CS(=O)(=O)O)OS(=O)(=O)C(F)(F)F. The molecule has 1 atom stereocenters. The lowest BCUT2D eigenvalue weighted by molar-refractivity contribution is -0.0553. The lowest BCUT2D eigenvalue weighted by Gasteiger charge is -2.12. The molecule has 0 aliphatic carbocycles. The Morgan fingerprint density at radius 1 is 1.29 bits per heavy atom. The van der Waals surface area contributed by atoms with Crippen LogP contribution in [0.4, 0.5) is 13.2 Å². The summed E-state index contributed by atoms with van der Waals surface area (Å²) in [5.41, 5.74) is -5.69. The average molecular weight is 296 g/mol. The van der Waals surface area contributed by atoms with Crippen LogP contribution < -0.4 is 0 Å². The molecule has 17 heavy (non-hydrogen) atoms. The number of halogens is 3. The molecular weight excluding hydrogens is 289 g/mol. The zero-order valence-corrected chi connectivity index (χ0v) is 9.86. The molecule has 0 bridgehead atoms. The summed E-state index contributed by atoms with van der Waals surface area (Å²) in [6.07, 6.45) is -2.12. The van der Waals surface area contributed by atoms with Crippen LogP contribution in [0.1, 0.15) is 6.92 Å². The lowest BCUT2D eigenvalue weighted by atomic mass is 10.4. The molecule has 11 heteroatoms. The summed E-state index contributed by atoms with van der Waals surface area (Å²) in [6.45, 7) is 1.13. The molecule has 0 radical (unpaired) electrons. The van der Waals surface area contributed by atoms with Crippen molar-refractivity contribution in [2.75, 3.05) is 5.75 Å². The third-order valence-corrected chi connectivity index (χ3v) is 2.97. The predicted molar refractivity (Wildman–Crippen MR) is 49.7 cm³/mol. The summed E-state index contributed by atoms with van der Waals surface area (Å²) in [5.74, 6) is 2.37. The molecule has 0 heterocycles. The second kappa shape index (κ2) is 5.21. The van der Waals surface area contributed by atoms with Crippen LogP contribution in [-0.4, -0.2) is 38.8 Å². The highest BCUT2D eigenvalue weighted by Crippen LogP contribution is 2.25. The van der Waals surface area contributed by atoms with Gasteiger partial charge in [-0.1, -0.05) is 5.92 Å². The fraction of sp³-hybridized carbons (Fsp3) is 0.667. The molecule has 6 nitrogen and oxygen atoms in total. The van der Waals surface area contributed by atoms with E-state index in [4.69, 9.17) is 4.55 Å². The van der Waals surface area contributed by atoms with Gasteiger partial charge < -0.3 is 0 Å². The second-order valence-corrected chi connectivity index (χ2v) is 5.69. The highest BCUT2D eigenvalue weighted by Gasteiger charge is 2.48. The van der Waals surface area contributed by atoms with Crippen molar-refractivity contribution in [3.8, 4) is 11.8 Å². The standard InChI is InChI=1S/C6H7F3O6S2/c1-2-3-5(4-16(10,11)12)15-17(13,14)6(7,8)9/h5H,4H2,1H3,(H,10,11,12). The molecule has 0 amide bonds. The van der Waals surface area contributed by atoms with Gasteiger partial charge in [0.05, 0.1) is 0 Å². The molecule has 0 rings (SSSR count). The van der Waals surface area contributed by atoms with Crippen LogP contribution in [0.2, 0.25) is 0 Å². The van der Waals surface area contributed by atoms with Crippen molar-refractivity contribution in [2.24, 2.45) is 0 Å². The van der Waals surface area contributed by atoms with E-state index in [1.54, 1.807) is 5.92 Å². The van der Waals surface area contributed by atoms with Gasteiger partial charge in [0.1, 0.15) is 5.75 Å². The quantitative estimate of drug-likeness (QED) is 0.343. The summed E-state index contributed by atoms with van der Waals surface area (Å²) in [6, 6.07) is 0. The van der Waals surface area contributed by atoms with E-state index in [1.165, 1.54) is 0 Å². The Balaban J connectivity index is 5.09. The van der Waals surface area contributed by atoms with E-state index in [0.717, 1.165) is 6.92 Å². The molecule has 0 aliphatic heterocycles. The summed E-state index contributed by atoms with van der Waals surface area (Å²) in [4.78, 5) is 0. The van der Waals surface area contributed by atoms with Crippen molar-refractivity contribution in [3.63, 3.8) is 0 Å². The van der Waals surface area contributed by atoms with Gasteiger partial charge in [0, 0.05) is 0 Å². The van der Waals surface area contributed by atoms with E-state index >= 15 is 0 Å². The van der Waals surface area contributed by atoms with Crippen molar-refractivity contribution >= 4 is 20.2 Å². The summed E-state index contributed by atoms with van der Waals surface area (Å²) in [5, 5.41) is 0. The van der Waals surface area contributed by atoms with Crippen molar-refractivity contribution in [3.05, 3.63) is 0 Å². The van der Waals surface area contributed by atoms with E-state index in [9.17, 15) is 30.0 Å². The fourth-order valence-corrected chi connectivity index (χ4v) is 1.80. The lowest BCUT2D eigenvalue weighted by Crippen LogP contribution is -2.32. The third-order valence-electron chi connectivity index (χ3n) is 1.19. The first-order valence-electron chi connectivity index (χ1n) is 3.76. The van der Waals surface area contributed by atoms with Gasteiger partial charge in [-0.25, -0.2) is 4.18 Å². The zero-order valence-electron chi connectivity index (χ0n) is 8.22. The summed E-state index contributed by atoms with van der Waals surface area (Å²) in [7, 11) is -10.7. The summed E-state index contributed by atoms with van der Waals surface area (Å²) >= 11 is 0. The van der Waals surface area contributed by atoms with Crippen LogP contribution in [0.15, 0.2) is 0 Å². The monoisotopic (exact) mass is 296 g/mol. The van der Waals surface area contributed by atoms with Gasteiger partial charge in [-0.15, -0.1) is 5.92 Å². The minimum Gasteiger partial charge on any atom is -0.285 e. The maximum Gasteiger partial charge on any atom is 0.523 e. The highest BCUT2D eigenvalue weighted by atomic mass is 32.2. The van der Waals surface area contributed by atoms with Crippen molar-refractivity contribution in [1.29, 1.82) is 0 Å². The Bertz CT molecular complexity index is 520. The Kier molecular flexibility index (Phi) is 4.96. The van der Waals surface area contributed by atoms with Crippen molar-refractivity contribution < 1.29 is 38.7 Å². The molecule has 0 aromatic heterocycles. The number of hydrogen-bond donors (Lipinski definition) is 1. The van der Waals surface area contributed by atoms with E-state index in [2.05, 4.69) is 4.18 Å². The molecule has 0 aromatic rings. The third kappa shape index (κ3) is 5.87. The van der Waals surface area contributed by atoms with E-state index in [-0.39, 0.29) is 0 Å². The Labute approximate surface area is 95.6 Å². The number of hydrogen-bond acceptors (Lipinski definition) is 5. The molecule has 100 valence electrons. The van der Waals surface area contributed by atoms with E-state index < -0.39 is 37.6 Å². The van der Waals surface area contributed by atoms with Crippen LogP contribution in [0.3, 0.4) is 0 Å². The normalized spacial score (nSPS) is 14.9. The van der Waals surface area contributed by atoms with Gasteiger partial charge in [0.15, 0.2) is 6.10 Å². The number of rotatable bonds is 4. The summed E-state index contributed by atoms with van der Waals surface area (Å²) < 4.78 is 89.4.